The molecule has 1 N–H and O–H groups in total. The van der Waals surface area contributed by atoms with Gasteiger partial charge in [-0.25, -0.2) is 4.98 Å². The highest BCUT2D eigenvalue weighted by atomic mass is 19.4. The quantitative estimate of drug-likeness (QED) is 0.628. The number of halogens is 3. The van der Waals surface area contributed by atoms with Gasteiger partial charge in [0, 0.05) is 6.54 Å². The number of alkyl halides is 3. The maximum absolute atomic E-state index is 13.2. The molecule has 0 aliphatic carbocycles. The fourth-order valence-corrected chi connectivity index (χ4v) is 2.74. The molecule has 0 bridgehead atoms. The summed E-state index contributed by atoms with van der Waals surface area (Å²) in [6.45, 7) is 4.92. The van der Waals surface area contributed by atoms with Crippen LogP contribution in [0.1, 0.15) is 25.8 Å². The highest BCUT2D eigenvalue weighted by Gasteiger charge is 2.33. The molecule has 3 rings (SSSR count). The van der Waals surface area contributed by atoms with E-state index in [1.54, 1.807) is 6.07 Å². The van der Waals surface area contributed by atoms with Crippen LogP contribution in [0.4, 0.5) is 24.8 Å². The first-order valence-electron chi connectivity index (χ1n) is 8.25. The second-order valence-electron chi connectivity index (χ2n) is 6.43. The van der Waals surface area contributed by atoms with Crippen molar-refractivity contribution in [2.75, 3.05) is 5.32 Å². The zero-order valence-electron chi connectivity index (χ0n) is 14.1. The first kappa shape index (κ1) is 17.3. The first-order valence-corrected chi connectivity index (χ1v) is 8.25. The van der Waals surface area contributed by atoms with Crippen molar-refractivity contribution in [3.63, 3.8) is 0 Å². The van der Waals surface area contributed by atoms with E-state index in [1.807, 2.05) is 28.8 Å². The molecule has 0 saturated carbocycles. The van der Waals surface area contributed by atoms with Gasteiger partial charge in [0.1, 0.15) is 0 Å². The third-order valence-electron chi connectivity index (χ3n) is 4.06. The minimum atomic E-state index is -4.42. The van der Waals surface area contributed by atoms with Crippen molar-refractivity contribution >= 4 is 22.7 Å². The first-order chi connectivity index (χ1) is 11.9. The molecule has 0 radical (unpaired) electrons. The van der Waals surface area contributed by atoms with Gasteiger partial charge in [0.25, 0.3) is 0 Å². The Balaban J connectivity index is 2.03. The minimum absolute atomic E-state index is 0.0103. The summed E-state index contributed by atoms with van der Waals surface area (Å²) in [7, 11) is 0. The molecular weight excluding hydrogens is 327 g/mol. The second-order valence-corrected chi connectivity index (χ2v) is 6.43. The molecule has 0 saturated heterocycles. The van der Waals surface area contributed by atoms with E-state index in [0.717, 1.165) is 23.5 Å². The van der Waals surface area contributed by atoms with Gasteiger partial charge in [0.05, 0.1) is 22.3 Å². The number of nitrogens with one attached hydrogen (secondary N) is 1. The highest BCUT2D eigenvalue weighted by Crippen LogP contribution is 2.36. The third kappa shape index (κ3) is 3.78. The standard InChI is InChI=1S/C19H20F3N3/c1-13(2)11-12-25-17-10-6-5-9-16(17)24-18(25)23-15-8-4-3-7-14(15)19(20,21)22/h3-10,13H,11-12H2,1-2H3,(H,23,24). The summed E-state index contributed by atoms with van der Waals surface area (Å²) in [6, 6.07) is 13.0. The summed E-state index contributed by atoms with van der Waals surface area (Å²) in [6.07, 6.45) is -3.51. The van der Waals surface area contributed by atoms with Crippen molar-refractivity contribution in [1.29, 1.82) is 0 Å². The number of anilines is 2. The van der Waals surface area contributed by atoms with Gasteiger partial charge in [0.15, 0.2) is 0 Å². The number of hydrogen-bond donors (Lipinski definition) is 1. The monoisotopic (exact) mass is 347 g/mol. The number of aryl methyl sites for hydroxylation is 1. The highest BCUT2D eigenvalue weighted by molar-refractivity contribution is 5.80. The molecule has 1 heterocycles. The molecule has 3 nitrogen and oxygen atoms in total. The Kier molecular flexibility index (Phi) is 4.70. The van der Waals surface area contributed by atoms with E-state index in [2.05, 4.69) is 24.1 Å². The maximum Gasteiger partial charge on any atom is 0.418 e. The summed E-state index contributed by atoms with van der Waals surface area (Å²) >= 11 is 0. The van der Waals surface area contributed by atoms with Gasteiger partial charge >= 0.3 is 6.18 Å². The molecule has 3 aromatic rings. The largest absolute Gasteiger partial charge is 0.418 e. The number of benzene rings is 2. The van der Waals surface area contributed by atoms with Gasteiger partial charge < -0.3 is 9.88 Å². The molecule has 0 atom stereocenters. The number of nitrogens with zero attached hydrogens (tertiary/aromatic N) is 2. The Morgan fingerprint density at radius 3 is 2.44 bits per heavy atom. The number of para-hydroxylation sites is 3. The van der Waals surface area contributed by atoms with Crippen molar-refractivity contribution in [3.8, 4) is 0 Å². The molecule has 0 amide bonds. The number of aromatic nitrogens is 2. The molecule has 0 aliphatic rings. The summed E-state index contributed by atoms with van der Waals surface area (Å²) in [5.74, 6) is 0.912. The van der Waals surface area contributed by atoms with Gasteiger partial charge in [-0.05, 0) is 36.6 Å². The summed E-state index contributed by atoms with van der Waals surface area (Å²) in [5, 5.41) is 2.89. The Labute approximate surface area is 144 Å². The molecule has 0 aliphatic heterocycles. The average Bonchev–Trinajstić information content (AvgIpc) is 2.89. The van der Waals surface area contributed by atoms with Crippen LogP contribution in [0.25, 0.3) is 11.0 Å². The van der Waals surface area contributed by atoms with Crippen LogP contribution >= 0.6 is 0 Å². The van der Waals surface area contributed by atoms with E-state index in [1.165, 1.54) is 12.1 Å². The van der Waals surface area contributed by atoms with E-state index in [4.69, 9.17) is 0 Å². The number of rotatable bonds is 5. The van der Waals surface area contributed by atoms with Gasteiger partial charge in [0.2, 0.25) is 5.95 Å². The van der Waals surface area contributed by atoms with Gasteiger partial charge in [-0.15, -0.1) is 0 Å². The minimum Gasteiger partial charge on any atom is -0.325 e. The average molecular weight is 347 g/mol. The van der Waals surface area contributed by atoms with E-state index in [-0.39, 0.29) is 5.69 Å². The van der Waals surface area contributed by atoms with E-state index >= 15 is 0 Å². The van der Waals surface area contributed by atoms with Crippen molar-refractivity contribution in [1.82, 2.24) is 9.55 Å². The molecular formula is C19H20F3N3. The van der Waals surface area contributed by atoms with Crippen molar-refractivity contribution in [2.45, 2.75) is 33.0 Å². The Morgan fingerprint density at radius 1 is 1.04 bits per heavy atom. The molecule has 0 unspecified atom stereocenters. The number of hydrogen-bond acceptors (Lipinski definition) is 2. The third-order valence-corrected chi connectivity index (χ3v) is 4.06. The predicted molar refractivity (Wildman–Crippen MR) is 93.9 cm³/mol. The lowest BCUT2D eigenvalue weighted by atomic mass is 10.1. The Hall–Kier alpha value is -2.50. The van der Waals surface area contributed by atoms with Crippen LogP contribution in [-0.2, 0) is 12.7 Å². The van der Waals surface area contributed by atoms with Crippen LogP contribution in [0, 0.1) is 5.92 Å². The summed E-state index contributed by atoms with van der Waals surface area (Å²) < 4.78 is 41.7. The molecule has 0 fully saturated rings. The van der Waals surface area contributed by atoms with Crippen LogP contribution in [0.15, 0.2) is 48.5 Å². The summed E-state index contributed by atoms with van der Waals surface area (Å²) in [4.78, 5) is 4.49. The fraction of sp³-hybridized carbons (Fsp3) is 0.316. The molecule has 1 aromatic heterocycles. The fourth-order valence-electron chi connectivity index (χ4n) is 2.74. The van der Waals surface area contributed by atoms with E-state index < -0.39 is 11.7 Å². The van der Waals surface area contributed by atoms with Gasteiger partial charge in [-0.2, -0.15) is 13.2 Å². The van der Waals surface area contributed by atoms with Crippen LogP contribution in [0.3, 0.4) is 0 Å². The maximum atomic E-state index is 13.2. The van der Waals surface area contributed by atoms with Crippen molar-refractivity contribution < 1.29 is 13.2 Å². The van der Waals surface area contributed by atoms with E-state index in [9.17, 15) is 13.2 Å². The predicted octanol–water partition coefficient (Wildman–Crippen LogP) is 5.84. The molecule has 132 valence electrons. The molecule has 0 spiro atoms. The Bertz CT molecular complexity index is 866. The Morgan fingerprint density at radius 2 is 1.72 bits per heavy atom. The van der Waals surface area contributed by atoms with Crippen LogP contribution in [0.5, 0.6) is 0 Å². The zero-order chi connectivity index (χ0) is 18.0. The van der Waals surface area contributed by atoms with E-state index in [0.29, 0.717) is 18.4 Å². The van der Waals surface area contributed by atoms with Gasteiger partial charge in [-0.3, -0.25) is 0 Å². The number of imidazole rings is 1. The normalized spacial score (nSPS) is 12.1. The lowest BCUT2D eigenvalue weighted by molar-refractivity contribution is -0.136. The SMILES string of the molecule is CC(C)CCn1c(Nc2ccccc2C(F)(F)F)nc2ccccc21. The number of fused-ring (bicyclic) bond motifs is 1. The molecule has 6 heteroatoms. The van der Waals surface area contributed by atoms with Crippen molar-refractivity contribution in [2.24, 2.45) is 5.92 Å². The zero-order valence-corrected chi connectivity index (χ0v) is 14.1. The smallest absolute Gasteiger partial charge is 0.325 e. The topological polar surface area (TPSA) is 29.9 Å². The van der Waals surface area contributed by atoms with Crippen LogP contribution in [-0.4, -0.2) is 9.55 Å². The van der Waals surface area contributed by atoms with Crippen LogP contribution < -0.4 is 5.32 Å². The van der Waals surface area contributed by atoms with Crippen molar-refractivity contribution in [3.05, 3.63) is 54.1 Å². The van der Waals surface area contributed by atoms with Crippen LogP contribution in [0.2, 0.25) is 0 Å². The lowest BCUT2D eigenvalue weighted by Crippen LogP contribution is -2.11. The molecule has 25 heavy (non-hydrogen) atoms. The second kappa shape index (κ2) is 6.78. The summed E-state index contributed by atoms with van der Waals surface area (Å²) in [5.41, 5.74) is 0.988. The lowest BCUT2D eigenvalue weighted by Gasteiger charge is -2.16. The van der Waals surface area contributed by atoms with Gasteiger partial charge in [-0.1, -0.05) is 38.1 Å². The molecule has 2 aromatic carbocycles.